The largest absolute Gasteiger partial charge is 0.476 e. The first kappa shape index (κ1) is 10.8. The van der Waals surface area contributed by atoms with E-state index in [2.05, 4.69) is 4.98 Å². The lowest BCUT2D eigenvalue weighted by molar-refractivity contribution is 0.0691. The van der Waals surface area contributed by atoms with Gasteiger partial charge in [0.1, 0.15) is 0 Å². The van der Waals surface area contributed by atoms with E-state index in [0.29, 0.717) is 13.1 Å². The van der Waals surface area contributed by atoms with Crippen LogP contribution in [0.4, 0.5) is 0 Å². The number of rotatable bonds is 2. The van der Waals surface area contributed by atoms with Crippen LogP contribution in [0.2, 0.25) is 0 Å². The second-order valence-corrected chi connectivity index (χ2v) is 4.21. The second kappa shape index (κ2) is 4.44. The van der Waals surface area contributed by atoms with Crippen molar-refractivity contribution in [1.29, 1.82) is 0 Å². The van der Waals surface area contributed by atoms with E-state index in [9.17, 15) is 9.59 Å². The molecule has 1 N–H and O–H groups in total. The van der Waals surface area contributed by atoms with E-state index in [0.717, 1.165) is 17.8 Å². The molecular weight excluding hydrogens is 228 g/mol. The average Bonchev–Trinajstić information content (AvgIpc) is 2.78. The molecular formula is C10H10N2O3S. The number of hydrogen-bond donors (Lipinski definition) is 1. The third-order valence-electron chi connectivity index (χ3n) is 2.25. The molecule has 2 heterocycles. The molecule has 0 bridgehead atoms. The van der Waals surface area contributed by atoms with Crippen molar-refractivity contribution >= 4 is 23.2 Å². The predicted molar refractivity (Wildman–Crippen MR) is 58.7 cm³/mol. The Bertz CT molecular complexity index is 453. The number of carbonyl (C=O) groups excluding carboxylic acids is 1. The average molecular weight is 238 g/mol. The minimum atomic E-state index is -1.10. The van der Waals surface area contributed by atoms with Gasteiger partial charge in [0.15, 0.2) is 10.7 Å². The molecule has 0 saturated heterocycles. The van der Waals surface area contributed by atoms with Crippen molar-refractivity contribution in [2.45, 2.75) is 6.42 Å². The van der Waals surface area contributed by atoms with Gasteiger partial charge in [0.2, 0.25) is 0 Å². The number of aromatic carboxylic acids is 1. The first-order valence-corrected chi connectivity index (χ1v) is 5.69. The minimum Gasteiger partial charge on any atom is -0.476 e. The Labute approximate surface area is 96.0 Å². The third-order valence-corrected chi connectivity index (χ3v) is 3.08. The highest BCUT2D eigenvalue weighted by molar-refractivity contribution is 7.11. The summed E-state index contributed by atoms with van der Waals surface area (Å²) in [5.74, 6) is -1.30. The molecule has 0 atom stereocenters. The van der Waals surface area contributed by atoms with Crippen molar-refractivity contribution in [3.8, 4) is 0 Å². The van der Waals surface area contributed by atoms with Crippen molar-refractivity contribution in [3.05, 3.63) is 28.2 Å². The van der Waals surface area contributed by atoms with Gasteiger partial charge in [0.25, 0.3) is 5.91 Å². The molecule has 0 spiro atoms. The number of nitrogens with zero attached hydrogens (tertiary/aromatic N) is 2. The van der Waals surface area contributed by atoms with Crippen LogP contribution in [0.3, 0.4) is 0 Å². The van der Waals surface area contributed by atoms with Gasteiger partial charge in [-0.25, -0.2) is 9.78 Å². The number of carboxylic acids is 1. The molecule has 0 radical (unpaired) electrons. The van der Waals surface area contributed by atoms with Crippen LogP contribution >= 0.6 is 11.3 Å². The molecule has 1 amide bonds. The maximum Gasteiger partial charge on any atom is 0.355 e. The molecule has 0 fully saturated rings. The number of carboxylic acid groups (broad SMARTS) is 1. The maximum absolute atomic E-state index is 11.9. The Balaban J connectivity index is 2.14. The zero-order valence-electron chi connectivity index (χ0n) is 8.42. The zero-order valence-corrected chi connectivity index (χ0v) is 9.24. The molecule has 0 aliphatic carbocycles. The zero-order chi connectivity index (χ0) is 11.5. The standard InChI is InChI=1S/C10H10N2O3S/c13-9(12-4-2-1-3-5-12)8-11-7(6-16-8)10(14)15/h1-2,6H,3-5H2,(H,14,15). The Morgan fingerprint density at radius 2 is 2.25 bits per heavy atom. The summed E-state index contributed by atoms with van der Waals surface area (Å²) >= 11 is 1.07. The number of amides is 1. The predicted octanol–water partition coefficient (Wildman–Crippen LogP) is 1.24. The lowest BCUT2D eigenvalue weighted by atomic mass is 10.2. The van der Waals surface area contributed by atoms with Crippen molar-refractivity contribution in [1.82, 2.24) is 9.88 Å². The van der Waals surface area contributed by atoms with Gasteiger partial charge in [-0.15, -0.1) is 11.3 Å². The summed E-state index contributed by atoms with van der Waals surface area (Å²) in [6.45, 7) is 1.23. The van der Waals surface area contributed by atoms with Gasteiger partial charge >= 0.3 is 5.97 Å². The van der Waals surface area contributed by atoms with Crippen molar-refractivity contribution in [2.75, 3.05) is 13.1 Å². The third kappa shape index (κ3) is 2.11. The fourth-order valence-electron chi connectivity index (χ4n) is 1.43. The number of carbonyl (C=O) groups is 2. The van der Waals surface area contributed by atoms with Gasteiger partial charge in [-0.05, 0) is 6.42 Å². The molecule has 6 heteroatoms. The van der Waals surface area contributed by atoms with Gasteiger partial charge in [0.05, 0.1) is 0 Å². The monoisotopic (exact) mass is 238 g/mol. The van der Waals surface area contributed by atoms with Crippen LogP contribution in [-0.2, 0) is 0 Å². The normalized spacial score (nSPS) is 15.1. The SMILES string of the molecule is O=C(O)c1csc(C(=O)N2CC=CCC2)n1. The highest BCUT2D eigenvalue weighted by atomic mass is 32.1. The van der Waals surface area contributed by atoms with Gasteiger partial charge in [0, 0.05) is 18.5 Å². The van der Waals surface area contributed by atoms with Crippen LogP contribution in [0.1, 0.15) is 26.7 Å². The Morgan fingerprint density at radius 1 is 1.44 bits per heavy atom. The van der Waals surface area contributed by atoms with E-state index in [1.807, 2.05) is 12.2 Å². The van der Waals surface area contributed by atoms with E-state index in [-0.39, 0.29) is 16.6 Å². The maximum atomic E-state index is 11.9. The van der Waals surface area contributed by atoms with Crippen LogP contribution in [0, 0.1) is 0 Å². The number of hydrogen-bond acceptors (Lipinski definition) is 4. The van der Waals surface area contributed by atoms with E-state index in [1.165, 1.54) is 5.38 Å². The molecule has 0 saturated carbocycles. The molecule has 5 nitrogen and oxygen atoms in total. The van der Waals surface area contributed by atoms with E-state index in [1.54, 1.807) is 4.90 Å². The molecule has 16 heavy (non-hydrogen) atoms. The quantitative estimate of drug-likeness (QED) is 0.787. The fraction of sp³-hybridized carbons (Fsp3) is 0.300. The molecule has 0 unspecified atom stereocenters. The molecule has 1 aromatic rings. The van der Waals surface area contributed by atoms with Crippen molar-refractivity contribution < 1.29 is 14.7 Å². The summed E-state index contributed by atoms with van der Waals surface area (Å²) in [5, 5.41) is 10.3. The van der Waals surface area contributed by atoms with Crippen LogP contribution in [0.15, 0.2) is 17.5 Å². The van der Waals surface area contributed by atoms with E-state index >= 15 is 0 Å². The first-order chi connectivity index (χ1) is 7.68. The molecule has 1 aliphatic heterocycles. The lowest BCUT2D eigenvalue weighted by Gasteiger charge is -2.21. The lowest BCUT2D eigenvalue weighted by Crippen LogP contribution is -2.33. The Hall–Kier alpha value is -1.69. The minimum absolute atomic E-state index is 0.0686. The summed E-state index contributed by atoms with van der Waals surface area (Å²) < 4.78 is 0. The summed E-state index contributed by atoms with van der Waals surface area (Å²) in [5.41, 5.74) is -0.0686. The highest BCUT2D eigenvalue weighted by Crippen LogP contribution is 2.14. The Morgan fingerprint density at radius 3 is 2.81 bits per heavy atom. The van der Waals surface area contributed by atoms with E-state index < -0.39 is 5.97 Å². The van der Waals surface area contributed by atoms with Crippen LogP contribution < -0.4 is 0 Å². The molecule has 2 rings (SSSR count). The molecule has 1 aromatic heterocycles. The number of aromatic nitrogens is 1. The second-order valence-electron chi connectivity index (χ2n) is 3.35. The summed E-state index contributed by atoms with van der Waals surface area (Å²) in [6.07, 6.45) is 4.78. The van der Waals surface area contributed by atoms with Gasteiger partial charge in [-0.3, -0.25) is 4.79 Å². The first-order valence-electron chi connectivity index (χ1n) is 4.81. The Kier molecular flexibility index (Phi) is 3.00. The van der Waals surface area contributed by atoms with E-state index in [4.69, 9.17) is 5.11 Å². The van der Waals surface area contributed by atoms with Crippen molar-refractivity contribution in [2.24, 2.45) is 0 Å². The summed E-state index contributed by atoms with van der Waals surface area (Å²) in [4.78, 5) is 27.9. The molecule has 0 aromatic carbocycles. The molecule has 84 valence electrons. The van der Waals surface area contributed by atoms with Crippen LogP contribution in [0.25, 0.3) is 0 Å². The van der Waals surface area contributed by atoms with Crippen molar-refractivity contribution in [3.63, 3.8) is 0 Å². The summed E-state index contributed by atoms with van der Waals surface area (Å²) in [6, 6.07) is 0. The summed E-state index contributed by atoms with van der Waals surface area (Å²) in [7, 11) is 0. The van der Waals surface area contributed by atoms with Gasteiger partial charge in [-0.2, -0.15) is 0 Å². The topological polar surface area (TPSA) is 70.5 Å². The molecule has 1 aliphatic rings. The highest BCUT2D eigenvalue weighted by Gasteiger charge is 2.20. The fourth-order valence-corrected chi connectivity index (χ4v) is 2.19. The smallest absolute Gasteiger partial charge is 0.355 e. The van der Waals surface area contributed by atoms with Crippen LogP contribution in [-0.4, -0.2) is 40.0 Å². The van der Waals surface area contributed by atoms with Gasteiger partial charge < -0.3 is 10.0 Å². The van der Waals surface area contributed by atoms with Crippen LogP contribution in [0.5, 0.6) is 0 Å². The number of thiazole rings is 1. The van der Waals surface area contributed by atoms with Gasteiger partial charge in [-0.1, -0.05) is 12.2 Å².